The van der Waals surface area contributed by atoms with Crippen molar-refractivity contribution in [2.24, 2.45) is 5.92 Å². The molecule has 3 amide bonds. The molecule has 3 N–H and O–H groups in total. The lowest BCUT2D eigenvalue weighted by atomic mass is 9.82. The Morgan fingerprint density at radius 1 is 1.05 bits per heavy atom. The number of carbonyl (C=O) groups is 4. The number of benzene rings is 2. The van der Waals surface area contributed by atoms with E-state index in [9.17, 15) is 29.1 Å². The Kier molecular flexibility index (Phi) is 7.23. The van der Waals surface area contributed by atoms with Crippen molar-refractivity contribution in [1.82, 2.24) is 9.88 Å². The lowest BCUT2D eigenvalue weighted by Gasteiger charge is -2.31. The van der Waals surface area contributed by atoms with Crippen molar-refractivity contribution in [3.05, 3.63) is 72.6 Å². The number of carbonyl (C=O) groups excluding carboxylic acids is 3. The Morgan fingerprint density at radius 2 is 1.76 bits per heavy atom. The Hall–Kier alpha value is -3.32. The van der Waals surface area contributed by atoms with Crippen molar-refractivity contribution < 1.29 is 29.0 Å². The number of carboxylic acids is 1. The van der Waals surface area contributed by atoms with Gasteiger partial charge in [-0.1, -0.05) is 46.3 Å². The van der Waals surface area contributed by atoms with Gasteiger partial charge in [0, 0.05) is 32.1 Å². The van der Waals surface area contributed by atoms with Crippen molar-refractivity contribution in [1.29, 1.82) is 0 Å². The van der Waals surface area contributed by atoms with Gasteiger partial charge < -0.3 is 20.1 Å². The zero-order valence-electron chi connectivity index (χ0n) is 19.1. The predicted octanol–water partition coefficient (Wildman–Crippen LogP) is 3.44. The van der Waals surface area contributed by atoms with Gasteiger partial charge in [-0.3, -0.25) is 28.9 Å². The van der Waals surface area contributed by atoms with Crippen molar-refractivity contribution in [3.63, 3.8) is 0 Å². The molecule has 1 saturated heterocycles. The molecule has 14 heteroatoms. The summed E-state index contributed by atoms with van der Waals surface area (Å²) in [5.74, 6) is -4.73. The molecule has 0 bridgehead atoms. The van der Waals surface area contributed by atoms with Gasteiger partial charge in [0.05, 0.1) is 10.9 Å². The second-order valence-corrected chi connectivity index (χ2v) is 11.5. The van der Waals surface area contributed by atoms with Crippen LogP contribution in [-0.4, -0.2) is 57.1 Å². The minimum Gasteiger partial charge on any atom is -0.483 e. The minimum absolute atomic E-state index is 0.222. The van der Waals surface area contributed by atoms with E-state index in [0.29, 0.717) is 31.2 Å². The van der Waals surface area contributed by atoms with E-state index >= 15 is 0 Å². The van der Waals surface area contributed by atoms with E-state index in [0.717, 1.165) is 28.0 Å². The fraction of sp³-hybridized carbons (Fsp3) is 0.208. The molecule has 5 rings (SSSR count). The monoisotopic (exact) mass is 593 g/mol. The van der Waals surface area contributed by atoms with Crippen LogP contribution in [0.1, 0.15) is 16.4 Å². The average molecular weight is 594 g/mol. The number of nitrogens with one attached hydrogen (secondary N) is 2. The highest BCUT2D eigenvalue weighted by Crippen LogP contribution is 2.54. The predicted molar refractivity (Wildman–Crippen MR) is 141 cm³/mol. The molecule has 0 spiro atoms. The normalized spacial score (nSPS) is 20.2. The van der Waals surface area contributed by atoms with Gasteiger partial charge in [0.15, 0.2) is 6.61 Å². The Morgan fingerprint density at radius 3 is 2.47 bits per heavy atom. The van der Waals surface area contributed by atoms with Gasteiger partial charge in [0.2, 0.25) is 11.8 Å². The lowest BCUT2D eigenvalue weighted by Crippen LogP contribution is -2.36. The van der Waals surface area contributed by atoms with E-state index in [2.05, 4.69) is 10.3 Å². The van der Waals surface area contributed by atoms with E-state index in [4.69, 9.17) is 27.9 Å². The van der Waals surface area contributed by atoms with Crippen LogP contribution in [0.5, 0.6) is 5.75 Å². The van der Waals surface area contributed by atoms with Gasteiger partial charge in [-0.15, -0.1) is 0 Å². The van der Waals surface area contributed by atoms with Crippen molar-refractivity contribution >= 4 is 75.7 Å². The molecule has 3 aromatic rings. The first-order chi connectivity index (χ1) is 18.1. The highest BCUT2D eigenvalue weighted by atomic mass is 35.5. The molecule has 2 aliphatic rings. The molecule has 1 aromatic heterocycles. The molecule has 1 fully saturated rings. The lowest BCUT2D eigenvalue weighted by molar-refractivity contribution is -0.149. The molecular formula is C24H17Cl2N3O7S2. The molecule has 2 unspecified atom stereocenters. The molecule has 0 radical (unpaired) electrons. The van der Waals surface area contributed by atoms with Crippen LogP contribution >= 0.6 is 46.3 Å². The first-order valence-corrected chi connectivity index (χ1v) is 13.5. The van der Waals surface area contributed by atoms with Crippen LogP contribution in [0.2, 0.25) is 10.0 Å². The van der Waals surface area contributed by atoms with Gasteiger partial charge in [-0.05, 0) is 42.5 Å². The molecule has 2 aliphatic heterocycles. The number of thioether (sulfide) groups is 1. The fourth-order valence-electron chi connectivity index (χ4n) is 4.47. The highest BCUT2D eigenvalue weighted by Gasteiger charge is 2.56. The summed E-state index contributed by atoms with van der Waals surface area (Å²) in [4.78, 5) is 66.1. The third-order valence-electron chi connectivity index (χ3n) is 6.00. The molecule has 2 aromatic carbocycles. The minimum atomic E-state index is -1.33. The Labute approximate surface area is 232 Å². The van der Waals surface area contributed by atoms with E-state index in [1.54, 1.807) is 36.4 Å². The van der Waals surface area contributed by atoms with Crippen molar-refractivity contribution in [3.8, 4) is 5.75 Å². The number of halogens is 2. The van der Waals surface area contributed by atoms with Gasteiger partial charge in [-0.2, -0.15) is 0 Å². The number of anilines is 1. The molecule has 0 saturated carbocycles. The van der Waals surface area contributed by atoms with Crippen LogP contribution < -0.4 is 14.9 Å². The maximum Gasteiger partial charge on any atom is 0.323 e. The fourth-order valence-corrected chi connectivity index (χ4v) is 7.30. The SMILES string of the molecule is O=C(O)CN1C(=O)C2Sc3[nH]c(=O)sc3[C@@H](c3cc(Cl)ccc3OCC(=O)Nc3ccc(Cl)cc3)C2C1=O. The number of imide groups is 1. The largest absolute Gasteiger partial charge is 0.483 e. The van der Waals surface area contributed by atoms with Crippen LogP contribution in [0.3, 0.4) is 0 Å². The number of rotatable bonds is 7. The van der Waals surface area contributed by atoms with Crippen LogP contribution in [0, 0.1) is 5.92 Å². The molecular weight excluding hydrogens is 577 g/mol. The number of carboxylic acid groups (broad SMARTS) is 1. The summed E-state index contributed by atoms with van der Waals surface area (Å²) in [5.41, 5.74) is 0.906. The molecule has 0 aliphatic carbocycles. The number of ether oxygens (including phenoxy) is 1. The first-order valence-electron chi connectivity index (χ1n) is 11.1. The quantitative estimate of drug-likeness (QED) is 0.353. The van der Waals surface area contributed by atoms with E-state index in [-0.39, 0.29) is 17.2 Å². The molecule has 3 atom stereocenters. The van der Waals surface area contributed by atoms with E-state index in [1.165, 1.54) is 6.07 Å². The number of nitrogens with zero attached hydrogens (tertiary/aromatic N) is 1. The summed E-state index contributed by atoms with van der Waals surface area (Å²) in [6.07, 6.45) is 0. The molecule has 38 heavy (non-hydrogen) atoms. The smallest absolute Gasteiger partial charge is 0.323 e. The summed E-state index contributed by atoms with van der Waals surface area (Å²) in [5, 5.41) is 12.2. The standard InChI is InChI=1S/C24H17Cl2N3O7S2/c25-10-1-4-12(5-2-10)27-15(30)9-36-14-6-3-11(26)7-13(14)17-18-20(37-21-19(17)38-24(35)28-21)23(34)29(22(18)33)8-16(31)32/h1-7,17-18,20H,8-9H2,(H,27,30)(H,28,35)(H,31,32)/t17-,18?,20?/m0/s1. The Bertz CT molecular complexity index is 1520. The highest BCUT2D eigenvalue weighted by molar-refractivity contribution is 8.00. The number of thiazole rings is 1. The number of aromatic nitrogens is 1. The number of aliphatic carboxylic acids is 1. The van der Waals surface area contributed by atoms with Crippen LogP contribution in [0.4, 0.5) is 5.69 Å². The summed E-state index contributed by atoms with van der Waals surface area (Å²) in [7, 11) is 0. The maximum atomic E-state index is 13.4. The number of aromatic amines is 1. The van der Waals surface area contributed by atoms with E-state index in [1.807, 2.05) is 0 Å². The third kappa shape index (κ3) is 5.04. The Balaban J connectivity index is 1.49. The molecule has 3 heterocycles. The summed E-state index contributed by atoms with van der Waals surface area (Å²) >= 11 is 14.1. The number of H-pyrrole nitrogens is 1. The third-order valence-corrected chi connectivity index (χ3v) is 8.89. The van der Waals surface area contributed by atoms with Gasteiger partial charge in [0.1, 0.15) is 17.5 Å². The number of fused-ring (bicyclic) bond motifs is 2. The van der Waals surface area contributed by atoms with Crippen LogP contribution in [0.15, 0.2) is 52.3 Å². The van der Waals surface area contributed by atoms with Gasteiger partial charge >= 0.3 is 10.8 Å². The average Bonchev–Trinajstić information content (AvgIpc) is 3.35. The zero-order chi connectivity index (χ0) is 27.1. The second-order valence-electron chi connectivity index (χ2n) is 8.43. The molecule has 10 nitrogen and oxygen atoms in total. The van der Waals surface area contributed by atoms with Crippen LogP contribution in [0.25, 0.3) is 0 Å². The first kappa shape index (κ1) is 26.3. The molecule has 196 valence electrons. The van der Waals surface area contributed by atoms with Crippen molar-refractivity contribution in [2.75, 3.05) is 18.5 Å². The maximum absolute atomic E-state index is 13.4. The zero-order valence-corrected chi connectivity index (χ0v) is 22.2. The van der Waals surface area contributed by atoms with E-state index < -0.39 is 47.3 Å². The van der Waals surface area contributed by atoms with Crippen molar-refractivity contribution in [2.45, 2.75) is 16.2 Å². The van der Waals surface area contributed by atoms with Crippen LogP contribution in [-0.2, 0) is 19.2 Å². The summed E-state index contributed by atoms with van der Waals surface area (Å²) in [6.45, 7) is -1.16. The van der Waals surface area contributed by atoms with Gasteiger partial charge in [0.25, 0.3) is 5.91 Å². The summed E-state index contributed by atoms with van der Waals surface area (Å²) < 4.78 is 5.84. The van der Waals surface area contributed by atoms with Gasteiger partial charge in [-0.25, -0.2) is 0 Å². The second kappa shape index (κ2) is 10.4. The topological polar surface area (TPSA) is 146 Å². The number of likely N-dealkylation sites (tertiary alicyclic amines) is 1. The number of hydrogen-bond donors (Lipinski definition) is 3. The summed E-state index contributed by atoms with van der Waals surface area (Å²) in [6, 6.07) is 11.2. The number of amides is 3. The number of hydrogen-bond acceptors (Lipinski definition) is 8.